The molecular formula is C36H65N5O6. The Morgan fingerprint density at radius 2 is 1.64 bits per heavy atom. The van der Waals surface area contributed by atoms with Crippen molar-refractivity contribution < 1.29 is 29.0 Å². The minimum atomic E-state index is -1.10. The van der Waals surface area contributed by atoms with E-state index in [1.807, 2.05) is 54.5 Å². The lowest BCUT2D eigenvalue weighted by Gasteiger charge is -2.41. The van der Waals surface area contributed by atoms with Crippen LogP contribution >= 0.6 is 0 Å². The summed E-state index contributed by atoms with van der Waals surface area (Å²) in [5.41, 5.74) is -0.0712. The molecule has 11 nitrogen and oxygen atoms in total. The molecule has 0 bridgehead atoms. The Morgan fingerprint density at radius 1 is 1.00 bits per heavy atom. The molecule has 2 aliphatic rings. The number of hydrogen-bond donors (Lipinski definition) is 3. The molecule has 2 heterocycles. The molecule has 4 unspecified atom stereocenters. The first-order valence-electron chi connectivity index (χ1n) is 17.7. The molecule has 0 aliphatic carbocycles. The van der Waals surface area contributed by atoms with Crippen molar-refractivity contribution in [2.75, 3.05) is 27.2 Å². The quantitative estimate of drug-likeness (QED) is 0.146. The van der Waals surface area contributed by atoms with Crippen LogP contribution < -0.4 is 10.6 Å². The van der Waals surface area contributed by atoms with Crippen LogP contribution in [0.3, 0.4) is 0 Å². The zero-order valence-electron chi connectivity index (χ0n) is 31.3. The SMILES string of the molecule is COC(=O)[C@H](CC(C)C)NC(O)[C@@H]1CCCN1C(=O)/C(C)=C/C(C(C)C)N(C)C(=O)C(NC(=O)C1CCCCN1C(C)C)C(C)(C)C. The Morgan fingerprint density at radius 3 is 2.17 bits per heavy atom. The highest BCUT2D eigenvalue weighted by Gasteiger charge is 2.41. The van der Waals surface area contributed by atoms with E-state index in [-0.39, 0.29) is 41.6 Å². The molecule has 11 heteroatoms. The van der Waals surface area contributed by atoms with Crippen LogP contribution in [0.4, 0.5) is 0 Å². The van der Waals surface area contributed by atoms with Crippen LogP contribution in [0.1, 0.15) is 108 Å². The number of carbonyl (C=O) groups excluding carboxylic acids is 4. The number of piperidine rings is 1. The predicted molar refractivity (Wildman–Crippen MR) is 185 cm³/mol. The molecular weight excluding hydrogens is 598 g/mol. The van der Waals surface area contributed by atoms with Gasteiger partial charge in [0.25, 0.3) is 0 Å². The Kier molecular flexibility index (Phi) is 15.4. The van der Waals surface area contributed by atoms with Crippen molar-refractivity contribution in [3.63, 3.8) is 0 Å². The standard InChI is InChI=1S/C36H65N5O6/c1-22(2)20-26(35(46)47-12)37-31(42)28-17-15-19-41(28)33(44)25(7)21-29(23(3)4)39(11)34(45)30(36(8,9)10)38-32(43)27-16-13-14-18-40(27)24(5)6/h21-24,26-31,37,42H,13-20H2,1-12H3,(H,38,43)/b25-21+/t26-,27?,28-,29?,30?,31?/m0/s1. The van der Waals surface area contributed by atoms with Crippen LogP contribution in [0.25, 0.3) is 0 Å². The highest BCUT2D eigenvalue weighted by atomic mass is 16.5. The average molecular weight is 664 g/mol. The van der Waals surface area contributed by atoms with Gasteiger partial charge in [-0.1, -0.05) is 61.0 Å². The number of esters is 1. The van der Waals surface area contributed by atoms with E-state index in [2.05, 4.69) is 29.4 Å². The number of methoxy groups -OCH3 is 1. The highest BCUT2D eigenvalue weighted by Crippen LogP contribution is 2.27. The van der Waals surface area contributed by atoms with Crippen LogP contribution in [0.5, 0.6) is 0 Å². The van der Waals surface area contributed by atoms with Crippen molar-refractivity contribution >= 4 is 23.7 Å². The lowest BCUT2D eigenvalue weighted by molar-refractivity contribution is -0.145. The summed E-state index contributed by atoms with van der Waals surface area (Å²) in [5, 5.41) is 17.3. The van der Waals surface area contributed by atoms with E-state index in [4.69, 9.17) is 4.74 Å². The van der Waals surface area contributed by atoms with Crippen molar-refractivity contribution in [3.8, 4) is 0 Å². The van der Waals surface area contributed by atoms with Crippen molar-refractivity contribution in [1.82, 2.24) is 25.3 Å². The molecule has 2 fully saturated rings. The van der Waals surface area contributed by atoms with E-state index in [9.17, 15) is 24.3 Å². The van der Waals surface area contributed by atoms with Gasteiger partial charge in [-0.15, -0.1) is 0 Å². The number of aliphatic hydroxyl groups excluding tert-OH is 1. The first-order chi connectivity index (χ1) is 21.8. The Hall–Kier alpha value is -2.50. The van der Waals surface area contributed by atoms with Gasteiger partial charge in [-0.05, 0) is 76.7 Å². The number of likely N-dealkylation sites (tertiary alicyclic amines) is 2. The number of aliphatic hydroxyl groups is 1. The van der Waals surface area contributed by atoms with Gasteiger partial charge in [-0.3, -0.25) is 29.4 Å². The fourth-order valence-electron chi connectivity index (χ4n) is 6.93. The van der Waals surface area contributed by atoms with E-state index in [0.717, 1.165) is 32.2 Å². The Balaban J connectivity index is 2.26. The second-order valence-corrected chi connectivity index (χ2v) is 15.7. The molecule has 47 heavy (non-hydrogen) atoms. The van der Waals surface area contributed by atoms with Crippen LogP contribution in [0.2, 0.25) is 0 Å². The summed E-state index contributed by atoms with van der Waals surface area (Å²) >= 11 is 0. The van der Waals surface area contributed by atoms with Gasteiger partial charge in [0.05, 0.1) is 25.2 Å². The smallest absolute Gasteiger partial charge is 0.322 e. The highest BCUT2D eigenvalue weighted by molar-refractivity contribution is 5.94. The van der Waals surface area contributed by atoms with E-state index < -0.39 is 41.8 Å². The van der Waals surface area contributed by atoms with Gasteiger partial charge >= 0.3 is 5.97 Å². The summed E-state index contributed by atoms with van der Waals surface area (Å²) in [7, 11) is 3.06. The van der Waals surface area contributed by atoms with Gasteiger partial charge in [0.1, 0.15) is 18.3 Å². The topological polar surface area (TPSA) is 132 Å². The van der Waals surface area contributed by atoms with Crippen molar-refractivity contribution in [2.45, 2.75) is 150 Å². The van der Waals surface area contributed by atoms with E-state index in [1.165, 1.54) is 7.11 Å². The molecule has 0 aromatic rings. The van der Waals surface area contributed by atoms with Gasteiger partial charge in [-0.2, -0.15) is 0 Å². The molecule has 2 rings (SSSR count). The van der Waals surface area contributed by atoms with Crippen molar-refractivity contribution in [2.24, 2.45) is 17.3 Å². The lowest BCUT2D eigenvalue weighted by Crippen LogP contribution is -2.60. The molecule has 0 radical (unpaired) electrons. The fraction of sp³-hybridized carbons (Fsp3) is 0.833. The number of rotatable bonds is 14. The number of nitrogens with zero attached hydrogens (tertiary/aromatic N) is 3. The minimum Gasteiger partial charge on any atom is -0.468 e. The maximum atomic E-state index is 14.2. The third-order valence-corrected chi connectivity index (χ3v) is 9.64. The van der Waals surface area contributed by atoms with Gasteiger partial charge in [0, 0.05) is 25.2 Å². The zero-order valence-corrected chi connectivity index (χ0v) is 31.3. The van der Waals surface area contributed by atoms with Crippen molar-refractivity contribution in [1.29, 1.82) is 0 Å². The summed E-state index contributed by atoms with van der Waals surface area (Å²) in [4.78, 5) is 59.5. The fourth-order valence-corrected chi connectivity index (χ4v) is 6.93. The normalized spacial score (nSPS) is 22.3. The third kappa shape index (κ3) is 11.0. The Bertz CT molecular complexity index is 1100. The van der Waals surface area contributed by atoms with Crippen LogP contribution in [-0.2, 0) is 23.9 Å². The number of ether oxygens (including phenoxy) is 1. The molecule has 0 aromatic heterocycles. The second-order valence-electron chi connectivity index (χ2n) is 15.7. The average Bonchev–Trinajstić information content (AvgIpc) is 3.49. The summed E-state index contributed by atoms with van der Waals surface area (Å²) < 4.78 is 4.94. The molecule has 3 amide bonds. The number of hydrogen-bond acceptors (Lipinski definition) is 8. The summed E-state index contributed by atoms with van der Waals surface area (Å²) in [5.74, 6) is -0.797. The number of carbonyl (C=O) groups is 4. The molecule has 0 saturated carbocycles. The van der Waals surface area contributed by atoms with Gasteiger partial charge < -0.3 is 25.0 Å². The molecule has 0 spiro atoms. The summed E-state index contributed by atoms with van der Waals surface area (Å²) in [6.07, 6.45) is 5.36. The Labute approximate surface area is 284 Å². The van der Waals surface area contributed by atoms with Crippen LogP contribution in [0.15, 0.2) is 11.6 Å². The van der Waals surface area contributed by atoms with Crippen LogP contribution in [-0.4, -0.2) is 113 Å². The van der Waals surface area contributed by atoms with E-state index in [0.29, 0.717) is 25.0 Å². The van der Waals surface area contributed by atoms with Gasteiger partial charge in [-0.25, -0.2) is 0 Å². The zero-order chi connectivity index (χ0) is 35.8. The minimum absolute atomic E-state index is 0.0173. The van der Waals surface area contributed by atoms with Gasteiger partial charge in [0.15, 0.2) is 0 Å². The molecule has 3 N–H and O–H groups in total. The van der Waals surface area contributed by atoms with E-state index >= 15 is 0 Å². The second kappa shape index (κ2) is 17.8. The molecule has 0 aromatic carbocycles. The van der Waals surface area contributed by atoms with Crippen molar-refractivity contribution in [3.05, 3.63) is 11.6 Å². The molecule has 2 aliphatic heterocycles. The van der Waals surface area contributed by atoms with Crippen LogP contribution in [0, 0.1) is 17.3 Å². The molecule has 6 atom stereocenters. The number of amides is 3. The first-order valence-corrected chi connectivity index (χ1v) is 17.7. The molecule has 270 valence electrons. The largest absolute Gasteiger partial charge is 0.468 e. The lowest BCUT2D eigenvalue weighted by atomic mass is 9.84. The maximum Gasteiger partial charge on any atom is 0.322 e. The van der Waals surface area contributed by atoms with E-state index in [1.54, 1.807) is 23.8 Å². The van der Waals surface area contributed by atoms with Gasteiger partial charge in [0.2, 0.25) is 17.7 Å². The first kappa shape index (κ1) is 40.7. The summed E-state index contributed by atoms with van der Waals surface area (Å²) in [6, 6.07) is -2.38. The molecule has 2 saturated heterocycles. The maximum absolute atomic E-state index is 14.2. The summed E-state index contributed by atoms with van der Waals surface area (Å²) in [6.45, 7) is 21.2. The third-order valence-electron chi connectivity index (χ3n) is 9.64. The predicted octanol–water partition coefficient (Wildman–Crippen LogP) is 3.70. The number of nitrogens with one attached hydrogen (secondary N) is 2. The number of likely N-dealkylation sites (N-methyl/N-ethyl adjacent to an activating group) is 1. The monoisotopic (exact) mass is 663 g/mol.